The normalized spacial score (nSPS) is 11.3. The molecule has 2 rings (SSSR count). The van der Waals surface area contributed by atoms with Gasteiger partial charge in [-0.05, 0) is 24.1 Å². The van der Waals surface area contributed by atoms with E-state index in [2.05, 4.69) is 52.4 Å². The molecule has 0 fully saturated rings. The summed E-state index contributed by atoms with van der Waals surface area (Å²) < 4.78 is 4.08. The van der Waals surface area contributed by atoms with Crippen LogP contribution in [-0.4, -0.2) is 25.9 Å². The van der Waals surface area contributed by atoms with Gasteiger partial charge in [0.05, 0.1) is 6.54 Å². The minimum Gasteiger partial charge on any atom is -0.346 e. The van der Waals surface area contributed by atoms with Crippen LogP contribution in [0.25, 0.3) is 0 Å². The Morgan fingerprint density at radius 1 is 1.39 bits per heavy atom. The van der Waals surface area contributed by atoms with Crippen LogP contribution in [0, 0.1) is 5.92 Å². The highest BCUT2D eigenvalue weighted by Crippen LogP contribution is 2.04. The number of nitrogens with one attached hydrogen (secondary N) is 1. The van der Waals surface area contributed by atoms with E-state index in [9.17, 15) is 0 Å². The highest BCUT2D eigenvalue weighted by atomic mass is 15.3. The first-order valence-corrected chi connectivity index (χ1v) is 6.33. The van der Waals surface area contributed by atoms with Crippen molar-refractivity contribution in [1.82, 2.24) is 24.6 Å². The second-order valence-corrected chi connectivity index (χ2v) is 5.07. The SMILES string of the molecule is CC(C)CNCc1ccn(Cc2nncn2C)c1. The van der Waals surface area contributed by atoms with Gasteiger partial charge in [-0.1, -0.05) is 13.8 Å². The summed E-state index contributed by atoms with van der Waals surface area (Å²) in [6.07, 6.45) is 5.97. The number of rotatable bonds is 6. The number of hydrogen-bond donors (Lipinski definition) is 1. The van der Waals surface area contributed by atoms with E-state index in [4.69, 9.17) is 0 Å². The maximum atomic E-state index is 4.08. The molecule has 0 radical (unpaired) electrons. The summed E-state index contributed by atoms with van der Waals surface area (Å²) in [5.41, 5.74) is 1.30. The lowest BCUT2D eigenvalue weighted by molar-refractivity contribution is 0.552. The van der Waals surface area contributed by atoms with Gasteiger partial charge in [0.15, 0.2) is 5.82 Å². The van der Waals surface area contributed by atoms with Crippen LogP contribution in [-0.2, 0) is 20.1 Å². The minimum atomic E-state index is 0.686. The van der Waals surface area contributed by atoms with Crippen LogP contribution in [0.1, 0.15) is 25.2 Å². The Morgan fingerprint density at radius 2 is 2.22 bits per heavy atom. The Morgan fingerprint density at radius 3 is 2.89 bits per heavy atom. The molecule has 2 aromatic heterocycles. The summed E-state index contributed by atoms with van der Waals surface area (Å²) in [6, 6.07) is 2.14. The van der Waals surface area contributed by atoms with Crippen molar-refractivity contribution in [3.63, 3.8) is 0 Å². The van der Waals surface area contributed by atoms with Gasteiger partial charge in [-0.3, -0.25) is 0 Å². The summed E-state index contributed by atoms with van der Waals surface area (Å²) in [5, 5.41) is 11.4. The molecule has 1 N–H and O–H groups in total. The third kappa shape index (κ3) is 3.43. The third-order valence-electron chi connectivity index (χ3n) is 2.82. The fourth-order valence-electron chi connectivity index (χ4n) is 1.81. The molecule has 0 saturated heterocycles. The lowest BCUT2D eigenvalue weighted by atomic mass is 10.2. The van der Waals surface area contributed by atoms with Crippen molar-refractivity contribution < 1.29 is 0 Å². The van der Waals surface area contributed by atoms with Gasteiger partial charge in [-0.25, -0.2) is 0 Å². The van der Waals surface area contributed by atoms with Crippen molar-refractivity contribution in [2.75, 3.05) is 6.54 Å². The molecule has 0 aromatic carbocycles. The Balaban J connectivity index is 1.88. The van der Waals surface area contributed by atoms with Gasteiger partial charge < -0.3 is 14.5 Å². The van der Waals surface area contributed by atoms with E-state index >= 15 is 0 Å². The van der Waals surface area contributed by atoms with Gasteiger partial charge in [0, 0.05) is 26.0 Å². The summed E-state index contributed by atoms with van der Waals surface area (Å²) in [4.78, 5) is 0. The number of aromatic nitrogens is 4. The maximum absolute atomic E-state index is 4.08. The summed E-state index contributed by atoms with van der Waals surface area (Å²) in [5.74, 6) is 1.65. The molecule has 0 spiro atoms. The zero-order valence-corrected chi connectivity index (χ0v) is 11.3. The van der Waals surface area contributed by atoms with Gasteiger partial charge in [0.2, 0.25) is 0 Å². The summed E-state index contributed by atoms with van der Waals surface area (Å²) in [7, 11) is 1.96. The number of nitrogens with zero attached hydrogens (tertiary/aromatic N) is 4. The fraction of sp³-hybridized carbons (Fsp3) is 0.538. The second-order valence-electron chi connectivity index (χ2n) is 5.07. The van der Waals surface area contributed by atoms with Crippen molar-refractivity contribution in [2.24, 2.45) is 13.0 Å². The van der Waals surface area contributed by atoms with E-state index in [-0.39, 0.29) is 0 Å². The second kappa shape index (κ2) is 5.82. The van der Waals surface area contributed by atoms with Gasteiger partial charge >= 0.3 is 0 Å². The molecule has 5 nitrogen and oxygen atoms in total. The van der Waals surface area contributed by atoms with Crippen LogP contribution in [0.4, 0.5) is 0 Å². The molecule has 2 aromatic rings. The van der Waals surface area contributed by atoms with E-state index in [1.54, 1.807) is 6.33 Å². The highest BCUT2D eigenvalue weighted by molar-refractivity contribution is 5.10. The van der Waals surface area contributed by atoms with Crippen molar-refractivity contribution in [2.45, 2.75) is 26.9 Å². The van der Waals surface area contributed by atoms with Gasteiger partial charge in [-0.15, -0.1) is 10.2 Å². The van der Waals surface area contributed by atoms with E-state index in [0.29, 0.717) is 5.92 Å². The number of aryl methyl sites for hydroxylation is 1. The van der Waals surface area contributed by atoms with Crippen molar-refractivity contribution >= 4 is 0 Å². The van der Waals surface area contributed by atoms with E-state index in [1.165, 1.54) is 5.56 Å². The molecule has 0 aliphatic heterocycles. The molecule has 5 heteroatoms. The molecule has 98 valence electrons. The molecule has 0 unspecified atom stereocenters. The standard InChI is InChI=1S/C13H21N5/c1-11(2)6-14-7-12-4-5-18(8-12)9-13-16-15-10-17(13)3/h4-5,8,10-11,14H,6-7,9H2,1-3H3. The monoisotopic (exact) mass is 247 g/mol. The Hall–Kier alpha value is -1.62. The molecule has 0 amide bonds. The topological polar surface area (TPSA) is 47.7 Å². The largest absolute Gasteiger partial charge is 0.346 e. The van der Waals surface area contributed by atoms with Crippen molar-refractivity contribution in [3.8, 4) is 0 Å². The van der Waals surface area contributed by atoms with Crippen molar-refractivity contribution in [1.29, 1.82) is 0 Å². The van der Waals surface area contributed by atoms with E-state index in [1.807, 2.05) is 11.6 Å². The molecule has 0 atom stereocenters. The predicted molar refractivity (Wildman–Crippen MR) is 71.1 cm³/mol. The predicted octanol–water partition coefficient (Wildman–Crippen LogP) is 1.41. The van der Waals surface area contributed by atoms with Crippen LogP contribution in [0.5, 0.6) is 0 Å². The molecule has 0 aliphatic carbocycles. The average molecular weight is 247 g/mol. The minimum absolute atomic E-state index is 0.686. The molecule has 18 heavy (non-hydrogen) atoms. The summed E-state index contributed by atoms with van der Waals surface area (Å²) in [6.45, 7) is 7.16. The van der Waals surface area contributed by atoms with Gasteiger partial charge in [0.1, 0.15) is 6.33 Å². The quantitative estimate of drug-likeness (QED) is 0.839. The highest BCUT2D eigenvalue weighted by Gasteiger charge is 2.03. The Bertz CT molecular complexity index is 483. The smallest absolute Gasteiger partial charge is 0.152 e. The van der Waals surface area contributed by atoms with Crippen LogP contribution in [0.3, 0.4) is 0 Å². The molecule has 0 bridgehead atoms. The van der Waals surface area contributed by atoms with Crippen molar-refractivity contribution in [3.05, 3.63) is 36.2 Å². The average Bonchev–Trinajstić information content (AvgIpc) is 2.90. The first-order chi connectivity index (χ1) is 8.65. The molecular formula is C13H21N5. The first kappa shape index (κ1) is 12.8. The molecule has 0 aliphatic rings. The summed E-state index contributed by atoms with van der Waals surface area (Å²) >= 11 is 0. The van der Waals surface area contributed by atoms with Gasteiger partial charge in [-0.2, -0.15) is 0 Å². The zero-order chi connectivity index (χ0) is 13.0. The van der Waals surface area contributed by atoms with E-state index in [0.717, 1.165) is 25.5 Å². The van der Waals surface area contributed by atoms with Crippen LogP contribution >= 0.6 is 0 Å². The first-order valence-electron chi connectivity index (χ1n) is 6.33. The molecular weight excluding hydrogens is 226 g/mol. The fourth-order valence-corrected chi connectivity index (χ4v) is 1.81. The van der Waals surface area contributed by atoms with Crippen LogP contribution in [0.15, 0.2) is 24.8 Å². The lowest BCUT2D eigenvalue weighted by Crippen LogP contribution is -2.18. The van der Waals surface area contributed by atoms with Crippen LogP contribution < -0.4 is 5.32 Å². The Kier molecular flexibility index (Phi) is 4.15. The Labute approximate surface area is 108 Å². The third-order valence-corrected chi connectivity index (χ3v) is 2.82. The maximum Gasteiger partial charge on any atom is 0.152 e. The lowest BCUT2D eigenvalue weighted by Gasteiger charge is -2.05. The molecule has 2 heterocycles. The van der Waals surface area contributed by atoms with Gasteiger partial charge in [0.25, 0.3) is 0 Å². The number of hydrogen-bond acceptors (Lipinski definition) is 3. The molecule has 0 saturated carbocycles. The van der Waals surface area contributed by atoms with Crippen LogP contribution in [0.2, 0.25) is 0 Å². The van der Waals surface area contributed by atoms with E-state index < -0.39 is 0 Å². The zero-order valence-electron chi connectivity index (χ0n) is 11.3.